The number of carbonyl (C=O) groups is 3. The third kappa shape index (κ3) is 4.51. The van der Waals surface area contributed by atoms with Gasteiger partial charge in [-0.25, -0.2) is 0 Å². The van der Waals surface area contributed by atoms with Crippen molar-refractivity contribution in [3.8, 4) is 0 Å². The summed E-state index contributed by atoms with van der Waals surface area (Å²) in [5.74, 6) is -1.48. The molecule has 3 aromatic rings. The van der Waals surface area contributed by atoms with Gasteiger partial charge in [0.05, 0.1) is 16.8 Å². The molecule has 0 spiro atoms. The SMILES string of the molecule is CC(C)C[C@@H]1NC(=O)[C@@H](N(O)O)Cc2cn(c3ccccc23)C(=O)c2ccccc2NC1=O. The van der Waals surface area contributed by atoms with Crippen molar-refractivity contribution in [3.05, 3.63) is 65.9 Å². The van der Waals surface area contributed by atoms with Crippen LogP contribution in [0, 0.1) is 5.92 Å². The Morgan fingerprint density at radius 3 is 2.45 bits per heavy atom. The molecule has 9 heteroatoms. The number of fused-ring (bicyclic) bond motifs is 6. The second kappa shape index (κ2) is 9.14. The molecule has 1 aromatic heterocycles. The summed E-state index contributed by atoms with van der Waals surface area (Å²) in [7, 11) is 0. The van der Waals surface area contributed by atoms with Gasteiger partial charge in [-0.2, -0.15) is 0 Å². The van der Waals surface area contributed by atoms with Gasteiger partial charge in [0.25, 0.3) is 5.91 Å². The van der Waals surface area contributed by atoms with Gasteiger partial charge in [-0.05, 0) is 36.1 Å². The monoisotopic (exact) mass is 450 g/mol. The van der Waals surface area contributed by atoms with Crippen molar-refractivity contribution in [2.75, 3.05) is 5.32 Å². The summed E-state index contributed by atoms with van der Waals surface area (Å²) < 4.78 is 1.45. The molecule has 0 unspecified atom stereocenters. The molecule has 2 aromatic carbocycles. The first-order valence-electron chi connectivity index (χ1n) is 10.8. The molecule has 0 radical (unpaired) electrons. The van der Waals surface area contributed by atoms with Gasteiger partial charge >= 0.3 is 0 Å². The van der Waals surface area contributed by atoms with Crippen LogP contribution in [0.4, 0.5) is 5.69 Å². The van der Waals surface area contributed by atoms with Crippen molar-refractivity contribution < 1.29 is 24.8 Å². The third-order valence-corrected chi connectivity index (χ3v) is 5.76. The van der Waals surface area contributed by atoms with Gasteiger partial charge < -0.3 is 10.6 Å². The highest BCUT2D eigenvalue weighted by molar-refractivity contribution is 6.09. The van der Waals surface area contributed by atoms with Gasteiger partial charge in [0.15, 0.2) is 0 Å². The number of amides is 2. The van der Waals surface area contributed by atoms with Crippen LogP contribution in [0.15, 0.2) is 54.7 Å². The quantitative estimate of drug-likeness (QED) is 0.455. The zero-order chi connectivity index (χ0) is 23.7. The summed E-state index contributed by atoms with van der Waals surface area (Å²) in [6.45, 7) is 3.82. The topological polar surface area (TPSA) is 124 Å². The van der Waals surface area contributed by atoms with Gasteiger partial charge in [0.2, 0.25) is 11.8 Å². The summed E-state index contributed by atoms with van der Waals surface area (Å²) in [5, 5.41) is 25.6. The second-order valence-corrected chi connectivity index (χ2v) is 8.61. The summed E-state index contributed by atoms with van der Waals surface area (Å²) in [6.07, 6.45) is 1.84. The largest absolute Gasteiger partial charge is 0.343 e. The number of carbonyl (C=O) groups excluding carboxylic acids is 3. The highest BCUT2D eigenvalue weighted by Gasteiger charge is 2.32. The average molecular weight is 450 g/mol. The number of anilines is 1. The number of para-hydroxylation sites is 2. The van der Waals surface area contributed by atoms with Crippen molar-refractivity contribution in [2.45, 2.75) is 38.8 Å². The Kier molecular flexibility index (Phi) is 6.28. The molecule has 4 rings (SSSR count). The van der Waals surface area contributed by atoms with Gasteiger partial charge in [-0.15, -0.1) is 0 Å². The lowest BCUT2D eigenvalue weighted by molar-refractivity contribution is -0.324. The summed E-state index contributed by atoms with van der Waals surface area (Å²) >= 11 is 0. The van der Waals surface area contributed by atoms with E-state index in [0.717, 1.165) is 0 Å². The molecule has 0 saturated carbocycles. The van der Waals surface area contributed by atoms with E-state index >= 15 is 0 Å². The number of hydroxylamine groups is 2. The molecule has 1 aliphatic rings. The lowest BCUT2D eigenvalue weighted by atomic mass is 10.0. The number of benzene rings is 2. The molecule has 0 aliphatic carbocycles. The predicted molar refractivity (Wildman–Crippen MR) is 121 cm³/mol. The van der Waals surface area contributed by atoms with Crippen LogP contribution < -0.4 is 10.6 Å². The third-order valence-electron chi connectivity index (χ3n) is 5.76. The van der Waals surface area contributed by atoms with Crippen LogP contribution in [0.1, 0.15) is 36.2 Å². The van der Waals surface area contributed by atoms with E-state index in [1.54, 1.807) is 48.7 Å². The lowest BCUT2D eigenvalue weighted by Crippen LogP contribution is -2.52. The summed E-state index contributed by atoms with van der Waals surface area (Å²) in [6, 6.07) is 11.6. The molecule has 33 heavy (non-hydrogen) atoms. The maximum atomic E-state index is 13.5. The Labute approximate surface area is 190 Å². The summed E-state index contributed by atoms with van der Waals surface area (Å²) in [5.41, 5.74) is 1.82. The van der Waals surface area contributed by atoms with Gasteiger partial charge in [-0.1, -0.05) is 49.4 Å². The Bertz CT molecular complexity index is 1220. The molecule has 9 nitrogen and oxygen atoms in total. The fraction of sp³-hybridized carbons (Fsp3) is 0.292. The standard InChI is InChI=1S/C24H26N4O5/c1-14(2)11-19-22(29)25-18-9-5-3-8-17(18)24(31)27-13-15(16-7-4-6-10-20(16)27)12-21(28(32)33)23(30)26-19/h3-10,13-14,19,21,32-33H,11-12H2,1-2H3,(H,25,29)(H,26,30)/t19-,21-/m0/s1. The number of hydrogen-bond donors (Lipinski definition) is 4. The number of nitrogens with zero attached hydrogens (tertiary/aromatic N) is 2. The van der Waals surface area contributed by atoms with E-state index in [1.165, 1.54) is 4.57 Å². The molecular formula is C24H26N4O5. The van der Waals surface area contributed by atoms with E-state index in [0.29, 0.717) is 34.1 Å². The van der Waals surface area contributed by atoms with Crippen molar-refractivity contribution in [1.82, 2.24) is 15.1 Å². The first-order valence-corrected chi connectivity index (χ1v) is 10.8. The molecule has 0 saturated heterocycles. The van der Waals surface area contributed by atoms with E-state index in [9.17, 15) is 24.8 Å². The van der Waals surface area contributed by atoms with E-state index in [1.807, 2.05) is 19.9 Å². The Morgan fingerprint density at radius 1 is 1.03 bits per heavy atom. The molecule has 2 amide bonds. The van der Waals surface area contributed by atoms with Crippen LogP contribution in [0.5, 0.6) is 0 Å². The van der Waals surface area contributed by atoms with Crippen LogP contribution in [0.3, 0.4) is 0 Å². The first-order chi connectivity index (χ1) is 15.8. The smallest absolute Gasteiger partial charge is 0.264 e. The van der Waals surface area contributed by atoms with Crippen LogP contribution in [-0.4, -0.2) is 50.0 Å². The van der Waals surface area contributed by atoms with Crippen molar-refractivity contribution in [2.24, 2.45) is 5.92 Å². The highest BCUT2D eigenvalue weighted by atomic mass is 16.8. The first kappa shape index (κ1) is 22.7. The van der Waals surface area contributed by atoms with Crippen LogP contribution in [-0.2, 0) is 16.0 Å². The van der Waals surface area contributed by atoms with E-state index in [2.05, 4.69) is 10.6 Å². The van der Waals surface area contributed by atoms with Crippen LogP contribution in [0.2, 0.25) is 0 Å². The lowest BCUT2D eigenvalue weighted by Gasteiger charge is -2.25. The number of nitrogens with one attached hydrogen (secondary N) is 2. The van der Waals surface area contributed by atoms with Crippen molar-refractivity contribution in [3.63, 3.8) is 0 Å². The zero-order valence-corrected chi connectivity index (χ0v) is 18.4. The van der Waals surface area contributed by atoms with Crippen LogP contribution in [0.25, 0.3) is 10.9 Å². The van der Waals surface area contributed by atoms with E-state index in [4.69, 9.17) is 0 Å². The van der Waals surface area contributed by atoms with Crippen molar-refractivity contribution >= 4 is 34.3 Å². The molecule has 2 heterocycles. The molecule has 2 bridgehead atoms. The van der Waals surface area contributed by atoms with E-state index in [-0.39, 0.29) is 23.5 Å². The average Bonchev–Trinajstić information content (AvgIpc) is 3.14. The number of rotatable bonds is 3. The highest BCUT2D eigenvalue weighted by Crippen LogP contribution is 2.27. The maximum absolute atomic E-state index is 13.5. The van der Waals surface area contributed by atoms with Gasteiger partial charge in [0.1, 0.15) is 12.1 Å². The Morgan fingerprint density at radius 2 is 1.73 bits per heavy atom. The Balaban J connectivity index is 1.90. The fourth-order valence-corrected chi connectivity index (χ4v) is 4.17. The predicted octanol–water partition coefficient (Wildman–Crippen LogP) is 2.80. The van der Waals surface area contributed by atoms with Gasteiger partial charge in [-0.3, -0.25) is 29.4 Å². The minimum atomic E-state index is -1.38. The molecule has 1 aliphatic heterocycles. The normalized spacial score (nSPS) is 19.5. The Hall–Kier alpha value is -3.53. The molecule has 2 atom stereocenters. The maximum Gasteiger partial charge on any atom is 0.264 e. The van der Waals surface area contributed by atoms with Gasteiger partial charge in [0, 0.05) is 18.0 Å². The molecular weight excluding hydrogens is 424 g/mol. The van der Waals surface area contributed by atoms with Crippen molar-refractivity contribution in [1.29, 1.82) is 0 Å². The van der Waals surface area contributed by atoms with E-state index < -0.39 is 23.9 Å². The minimum absolute atomic E-state index is 0.0723. The molecule has 0 fully saturated rings. The fourth-order valence-electron chi connectivity index (χ4n) is 4.17. The minimum Gasteiger partial charge on any atom is -0.343 e. The number of aromatic nitrogens is 1. The second-order valence-electron chi connectivity index (χ2n) is 8.61. The number of hydrogen-bond acceptors (Lipinski definition) is 6. The molecule has 4 N–H and O–H groups in total. The zero-order valence-electron chi connectivity index (χ0n) is 18.4. The van der Waals surface area contributed by atoms with Crippen LogP contribution >= 0.6 is 0 Å². The summed E-state index contributed by atoms with van der Waals surface area (Å²) in [4.78, 5) is 39.7. The molecule has 172 valence electrons.